The highest BCUT2D eigenvalue weighted by molar-refractivity contribution is 5.52. The molecule has 1 aliphatic rings. The number of nitrogens with two attached hydrogens (primary N) is 1. The molecule has 0 amide bonds. The van der Waals surface area contributed by atoms with Crippen LogP contribution in [0.3, 0.4) is 0 Å². The summed E-state index contributed by atoms with van der Waals surface area (Å²) < 4.78 is 0. The molecule has 1 aromatic carbocycles. The van der Waals surface area contributed by atoms with E-state index in [1.165, 1.54) is 0 Å². The van der Waals surface area contributed by atoms with Gasteiger partial charge in [-0.2, -0.15) is 10.2 Å². The maximum absolute atomic E-state index is 6.27. The standard InChI is InChI=1S/C12H10N4/c13-12(9-5-2-1-3-6-9)11-10(15-16-12)7-4-8-14-11/h1-8H,13H2. The SMILES string of the molecule is NC1(c2ccccc2)N=Nc2cccnc21. The van der Waals surface area contributed by atoms with Crippen molar-refractivity contribution in [1.82, 2.24) is 4.98 Å². The van der Waals surface area contributed by atoms with Crippen LogP contribution in [0.15, 0.2) is 58.9 Å². The van der Waals surface area contributed by atoms with Crippen LogP contribution in [0.2, 0.25) is 0 Å². The van der Waals surface area contributed by atoms with Crippen molar-refractivity contribution >= 4 is 5.69 Å². The molecule has 0 spiro atoms. The molecule has 0 bridgehead atoms. The van der Waals surface area contributed by atoms with Gasteiger partial charge in [-0.1, -0.05) is 30.3 Å². The first-order valence-corrected chi connectivity index (χ1v) is 5.03. The average molecular weight is 210 g/mol. The van der Waals surface area contributed by atoms with E-state index in [1.54, 1.807) is 6.20 Å². The zero-order chi connectivity index (χ0) is 11.0. The Morgan fingerprint density at radius 3 is 2.62 bits per heavy atom. The lowest BCUT2D eigenvalue weighted by Crippen LogP contribution is -2.34. The van der Waals surface area contributed by atoms with E-state index in [2.05, 4.69) is 15.2 Å². The highest BCUT2D eigenvalue weighted by Gasteiger charge is 2.37. The summed E-state index contributed by atoms with van der Waals surface area (Å²) in [5, 5.41) is 8.21. The minimum absolute atomic E-state index is 0.709. The first kappa shape index (κ1) is 9.18. The van der Waals surface area contributed by atoms with Crippen LogP contribution in [0.1, 0.15) is 11.3 Å². The minimum atomic E-state index is -0.933. The van der Waals surface area contributed by atoms with Gasteiger partial charge in [-0.05, 0) is 12.1 Å². The number of fused-ring (bicyclic) bond motifs is 1. The summed E-state index contributed by atoms with van der Waals surface area (Å²) in [6.45, 7) is 0. The second kappa shape index (κ2) is 3.21. The molecule has 4 heteroatoms. The fourth-order valence-corrected chi connectivity index (χ4v) is 1.84. The molecule has 1 aromatic heterocycles. The molecule has 0 fully saturated rings. The lowest BCUT2D eigenvalue weighted by Gasteiger charge is -2.19. The van der Waals surface area contributed by atoms with Crippen LogP contribution in [0.25, 0.3) is 0 Å². The molecule has 0 saturated carbocycles. The van der Waals surface area contributed by atoms with E-state index in [-0.39, 0.29) is 0 Å². The fraction of sp³-hybridized carbons (Fsp3) is 0.0833. The molecule has 2 heterocycles. The Labute approximate surface area is 92.9 Å². The number of azo groups is 1. The number of nitrogens with zero attached hydrogens (tertiary/aromatic N) is 3. The molecule has 0 saturated heterocycles. The van der Waals surface area contributed by atoms with Gasteiger partial charge in [-0.25, -0.2) is 0 Å². The Bertz CT molecular complexity index is 550. The van der Waals surface area contributed by atoms with Crippen LogP contribution >= 0.6 is 0 Å². The van der Waals surface area contributed by atoms with Crippen LogP contribution < -0.4 is 5.73 Å². The number of hydrogen-bond donors (Lipinski definition) is 1. The second-order valence-corrected chi connectivity index (χ2v) is 3.70. The van der Waals surface area contributed by atoms with Gasteiger partial charge in [-0.3, -0.25) is 10.7 Å². The lowest BCUT2D eigenvalue weighted by molar-refractivity contribution is 0.552. The van der Waals surface area contributed by atoms with E-state index >= 15 is 0 Å². The maximum Gasteiger partial charge on any atom is 0.200 e. The van der Waals surface area contributed by atoms with Crippen LogP contribution in [0, 0.1) is 0 Å². The van der Waals surface area contributed by atoms with E-state index in [1.807, 2.05) is 42.5 Å². The number of hydrogen-bond acceptors (Lipinski definition) is 4. The van der Waals surface area contributed by atoms with Gasteiger partial charge in [0.05, 0.1) is 0 Å². The van der Waals surface area contributed by atoms with E-state index < -0.39 is 5.66 Å². The van der Waals surface area contributed by atoms with Crippen molar-refractivity contribution in [2.45, 2.75) is 5.66 Å². The largest absolute Gasteiger partial charge is 0.297 e. The molecule has 3 rings (SSSR count). The summed E-state index contributed by atoms with van der Waals surface area (Å²) in [5.74, 6) is 0. The first-order chi connectivity index (χ1) is 7.81. The van der Waals surface area contributed by atoms with Gasteiger partial charge in [0.15, 0.2) is 5.66 Å². The predicted octanol–water partition coefficient (Wildman–Crippen LogP) is 2.34. The van der Waals surface area contributed by atoms with Gasteiger partial charge >= 0.3 is 0 Å². The van der Waals surface area contributed by atoms with Gasteiger partial charge in [0.1, 0.15) is 11.4 Å². The van der Waals surface area contributed by atoms with Crippen molar-refractivity contribution in [3.63, 3.8) is 0 Å². The number of pyridine rings is 1. The van der Waals surface area contributed by atoms with E-state index in [9.17, 15) is 0 Å². The van der Waals surface area contributed by atoms with Crippen LogP contribution in [-0.2, 0) is 5.66 Å². The van der Waals surface area contributed by atoms with Crippen LogP contribution in [0.5, 0.6) is 0 Å². The highest BCUT2D eigenvalue weighted by atomic mass is 15.3. The number of aromatic nitrogens is 1. The van der Waals surface area contributed by atoms with Gasteiger partial charge in [0, 0.05) is 11.8 Å². The molecular weight excluding hydrogens is 200 g/mol. The van der Waals surface area contributed by atoms with Gasteiger partial charge in [0.25, 0.3) is 0 Å². The van der Waals surface area contributed by atoms with Gasteiger partial charge in [0.2, 0.25) is 0 Å². The molecule has 78 valence electrons. The van der Waals surface area contributed by atoms with Gasteiger partial charge < -0.3 is 0 Å². The Morgan fingerprint density at radius 2 is 1.81 bits per heavy atom. The van der Waals surface area contributed by atoms with E-state index in [4.69, 9.17) is 5.73 Å². The molecule has 1 unspecified atom stereocenters. The third kappa shape index (κ3) is 1.17. The average Bonchev–Trinajstić information content (AvgIpc) is 2.71. The summed E-state index contributed by atoms with van der Waals surface area (Å²) in [6.07, 6.45) is 1.71. The maximum atomic E-state index is 6.27. The highest BCUT2D eigenvalue weighted by Crippen LogP contribution is 2.39. The molecule has 16 heavy (non-hydrogen) atoms. The summed E-state index contributed by atoms with van der Waals surface area (Å²) in [5.41, 5.74) is 7.69. The monoisotopic (exact) mass is 210 g/mol. The van der Waals surface area contributed by atoms with Crippen molar-refractivity contribution in [1.29, 1.82) is 0 Å². The van der Waals surface area contributed by atoms with Crippen molar-refractivity contribution in [3.05, 3.63) is 59.9 Å². The lowest BCUT2D eigenvalue weighted by atomic mass is 9.97. The topological polar surface area (TPSA) is 63.6 Å². The zero-order valence-corrected chi connectivity index (χ0v) is 8.54. The molecule has 1 aliphatic heterocycles. The fourth-order valence-electron chi connectivity index (χ4n) is 1.84. The van der Waals surface area contributed by atoms with E-state index in [0.29, 0.717) is 5.69 Å². The summed E-state index contributed by atoms with van der Waals surface area (Å²) >= 11 is 0. The van der Waals surface area contributed by atoms with Crippen LogP contribution in [0.4, 0.5) is 5.69 Å². The summed E-state index contributed by atoms with van der Waals surface area (Å²) in [6, 6.07) is 13.4. The van der Waals surface area contributed by atoms with Crippen LogP contribution in [-0.4, -0.2) is 4.98 Å². The van der Waals surface area contributed by atoms with Crippen molar-refractivity contribution < 1.29 is 0 Å². The number of benzene rings is 1. The Hall–Kier alpha value is -2.07. The molecule has 2 N–H and O–H groups in total. The quantitative estimate of drug-likeness (QED) is 0.785. The predicted molar refractivity (Wildman–Crippen MR) is 60.2 cm³/mol. The van der Waals surface area contributed by atoms with E-state index in [0.717, 1.165) is 11.3 Å². The third-order valence-electron chi connectivity index (χ3n) is 2.68. The minimum Gasteiger partial charge on any atom is -0.297 e. The molecule has 1 atom stereocenters. The van der Waals surface area contributed by atoms with Crippen molar-refractivity contribution in [3.8, 4) is 0 Å². The first-order valence-electron chi connectivity index (χ1n) is 5.03. The Balaban J connectivity index is 2.19. The van der Waals surface area contributed by atoms with Gasteiger partial charge in [-0.15, -0.1) is 0 Å². The molecule has 4 nitrogen and oxygen atoms in total. The molecule has 2 aromatic rings. The summed E-state index contributed by atoms with van der Waals surface area (Å²) in [7, 11) is 0. The second-order valence-electron chi connectivity index (χ2n) is 3.70. The van der Waals surface area contributed by atoms with Crippen molar-refractivity contribution in [2.24, 2.45) is 16.0 Å². The molecule has 0 aliphatic carbocycles. The molecular formula is C12H10N4. The Kier molecular flexibility index (Phi) is 1.84. The third-order valence-corrected chi connectivity index (χ3v) is 2.68. The zero-order valence-electron chi connectivity index (χ0n) is 8.54. The molecule has 0 radical (unpaired) electrons. The Morgan fingerprint density at radius 1 is 1.00 bits per heavy atom. The number of rotatable bonds is 1. The normalized spacial score (nSPS) is 22.1. The van der Waals surface area contributed by atoms with Crippen molar-refractivity contribution in [2.75, 3.05) is 0 Å². The smallest absolute Gasteiger partial charge is 0.200 e. The summed E-state index contributed by atoms with van der Waals surface area (Å²) in [4.78, 5) is 4.28.